The predicted molar refractivity (Wildman–Crippen MR) is 98.7 cm³/mol. The molecule has 1 N–H and O–H groups in total. The molecule has 1 aromatic carbocycles. The van der Waals surface area contributed by atoms with Crippen LogP contribution in [-0.4, -0.2) is 18.6 Å². The molecule has 0 amide bonds. The van der Waals surface area contributed by atoms with E-state index < -0.39 is 6.04 Å². The van der Waals surface area contributed by atoms with Crippen LogP contribution in [0.15, 0.2) is 41.8 Å². The number of nitrogens with one attached hydrogen (secondary N) is 1. The molecule has 0 saturated heterocycles. The second-order valence-electron chi connectivity index (χ2n) is 5.22. The number of thiophene rings is 1. The highest BCUT2D eigenvalue weighted by atomic mass is 35.5. The van der Waals surface area contributed by atoms with Crippen molar-refractivity contribution < 1.29 is 9.53 Å². The molecule has 0 aliphatic rings. The molecule has 6 heteroatoms. The molecule has 23 heavy (non-hydrogen) atoms. The number of hydrogen-bond donors (Lipinski definition) is 1. The van der Waals surface area contributed by atoms with Gasteiger partial charge in [0.05, 0.1) is 6.10 Å². The van der Waals surface area contributed by atoms with Crippen LogP contribution >= 0.6 is 35.3 Å². The number of esters is 1. The summed E-state index contributed by atoms with van der Waals surface area (Å²) < 4.78 is 5.35. The molecule has 0 aliphatic carbocycles. The van der Waals surface area contributed by atoms with E-state index in [2.05, 4.69) is 11.4 Å². The number of carbonyl (C=O) groups excluding carboxylic acids is 1. The van der Waals surface area contributed by atoms with Crippen LogP contribution in [0.25, 0.3) is 0 Å². The SMILES string of the molecule is CC(C)OC(=O)[C@@H](NCCc1cccs1)c1ccccc1Cl.Cl. The Balaban J connectivity index is 0.00000264. The van der Waals surface area contributed by atoms with E-state index in [1.807, 2.05) is 43.5 Å². The van der Waals surface area contributed by atoms with Gasteiger partial charge in [-0.3, -0.25) is 0 Å². The van der Waals surface area contributed by atoms with Gasteiger partial charge >= 0.3 is 5.97 Å². The zero-order chi connectivity index (χ0) is 15.9. The molecule has 1 heterocycles. The Morgan fingerprint density at radius 2 is 2.00 bits per heavy atom. The number of ether oxygens (including phenoxy) is 1. The quantitative estimate of drug-likeness (QED) is 0.717. The van der Waals surface area contributed by atoms with E-state index in [0.717, 1.165) is 12.0 Å². The van der Waals surface area contributed by atoms with Crippen LogP contribution in [0.5, 0.6) is 0 Å². The number of benzene rings is 1. The maximum atomic E-state index is 12.4. The third kappa shape index (κ3) is 6.15. The summed E-state index contributed by atoms with van der Waals surface area (Å²) in [4.78, 5) is 13.6. The first-order chi connectivity index (χ1) is 10.6. The van der Waals surface area contributed by atoms with Gasteiger partial charge in [-0.05, 0) is 43.3 Å². The molecule has 0 spiro atoms. The Kier molecular flexibility index (Phi) is 8.63. The van der Waals surface area contributed by atoms with Crippen LogP contribution in [0.1, 0.15) is 30.3 Å². The fourth-order valence-corrected chi connectivity index (χ4v) is 3.08. The van der Waals surface area contributed by atoms with Crippen LogP contribution in [-0.2, 0) is 16.0 Å². The lowest BCUT2D eigenvalue weighted by atomic mass is 10.1. The van der Waals surface area contributed by atoms with E-state index in [-0.39, 0.29) is 24.5 Å². The Bertz CT molecular complexity index is 602. The van der Waals surface area contributed by atoms with Gasteiger partial charge in [0, 0.05) is 16.4 Å². The summed E-state index contributed by atoms with van der Waals surface area (Å²) >= 11 is 7.94. The first-order valence-corrected chi connectivity index (χ1v) is 8.54. The largest absolute Gasteiger partial charge is 0.462 e. The zero-order valence-electron chi connectivity index (χ0n) is 13.1. The van der Waals surface area contributed by atoms with Gasteiger partial charge in [0.2, 0.25) is 0 Å². The minimum atomic E-state index is -0.545. The van der Waals surface area contributed by atoms with E-state index in [1.54, 1.807) is 17.4 Å². The van der Waals surface area contributed by atoms with Gasteiger partial charge in [-0.15, -0.1) is 23.7 Å². The lowest BCUT2D eigenvalue weighted by molar-refractivity contribution is -0.150. The van der Waals surface area contributed by atoms with Crippen LogP contribution < -0.4 is 5.32 Å². The van der Waals surface area contributed by atoms with Crippen molar-refractivity contribution in [3.63, 3.8) is 0 Å². The van der Waals surface area contributed by atoms with E-state index in [0.29, 0.717) is 11.6 Å². The summed E-state index contributed by atoms with van der Waals surface area (Å²) in [7, 11) is 0. The van der Waals surface area contributed by atoms with Gasteiger partial charge in [-0.25, -0.2) is 4.79 Å². The third-order valence-electron chi connectivity index (χ3n) is 3.10. The molecule has 0 radical (unpaired) electrons. The van der Waals surface area contributed by atoms with E-state index >= 15 is 0 Å². The first-order valence-electron chi connectivity index (χ1n) is 7.28. The highest BCUT2D eigenvalue weighted by Gasteiger charge is 2.24. The molecule has 0 bridgehead atoms. The number of carbonyl (C=O) groups is 1. The molecule has 0 aliphatic heterocycles. The molecule has 2 aromatic rings. The topological polar surface area (TPSA) is 38.3 Å². The summed E-state index contributed by atoms with van der Waals surface area (Å²) in [6.45, 7) is 4.37. The fraction of sp³-hybridized carbons (Fsp3) is 0.353. The Labute approximate surface area is 152 Å². The average Bonchev–Trinajstić information content (AvgIpc) is 2.97. The monoisotopic (exact) mass is 373 g/mol. The van der Waals surface area contributed by atoms with Crippen molar-refractivity contribution in [3.05, 3.63) is 57.2 Å². The Morgan fingerprint density at radius 3 is 2.61 bits per heavy atom. The highest BCUT2D eigenvalue weighted by molar-refractivity contribution is 7.09. The molecular formula is C17H21Cl2NO2S. The predicted octanol–water partition coefficient (Wildman–Crippen LogP) is 4.65. The number of halogens is 2. The molecule has 0 unspecified atom stereocenters. The second kappa shape index (κ2) is 9.93. The average molecular weight is 374 g/mol. The minimum Gasteiger partial charge on any atom is -0.462 e. The van der Waals surface area contributed by atoms with Crippen molar-refractivity contribution in [1.29, 1.82) is 0 Å². The van der Waals surface area contributed by atoms with Gasteiger partial charge in [0.1, 0.15) is 6.04 Å². The van der Waals surface area contributed by atoms with Gasteiger partial charge in [0.15, 0.2) is 0 Å². The zero-order valence-corrected chi connectivity index (χ0v) is 15.5. The lowest BCUT2D eigenvalue weighted by Crippen LogP contribution is -2.33. The summed E-state index contributed by atoms with van der Waals surface area (Å²) in [6.07, 6.45) is 0.713. The fourth-order valence-electron chi connectivity index (χ4n) is 2.12. The minimum absolute atomic E-state index is 0. The maximum Gasteiger partial charge on any atom is 0.328 e. The Morgan fingerprint density at radius 1 is 1.26 bits per heavy atom. The molecule has 3 nitrogen and oxygen atoms in total. The highest BCUT2D eigenvalue weighted by Crippen LogP contribution is 2.24. The number of hydrogen-bond acceptors (Lipinski definition) is 4. The van der Waals surface area contributed by atoms with Crippen molar-refractivity contribution in [2.45, 2.75) is 32.4 Å². The van der Waals surface area contributed by atoms with Crippen molar-refractivity contribution in [1.82, 2.24) is 5.32 Å². The van der Waals surface area contributed by atoms with Crippen molar-refractivity contribution in [2.75, 3.05) is 6.54 Å². The molecule has 1 aromatic heterocycles. The van der Waals surface area contributed by atoms with Gasteiger partial charge in [-0.1, -0.05) is 35.9 Å². The van der Waals surface area contributed by atoms with Crippen LogP contribution in [0.2, 0.25) is 5.02 Å². The van der Waals surface area contributed by atoms with Gasteiger partial charge in [0.25, 0.3) is 0 Å². The number of rotatable bonds is 7. The van der Waals surface area contributed by atoms with E-state index in [9.17, 15) is 4.79 Å². The first kappa shape index (κ1) is 20.0. The van der Waals surface area contributed by atoms with E-state index in [4.69, 9.17) is 16.3 Å². The summed E-state index contributed by atoms with van der Waals surface area (Å²) in [5.41, 5.74) is 0.751. The Hall–Kier alpha value is -1.07. The molecule has 0 saturated carbocycles. The van der Waals surface area contributed by atoms with Crippen LogP contribution in [0.3, 0.4) is 0 Å². The summed E-state index contributed by atoms with van der Waals surface area (Å²) in [5, 5.41) is 5.88. The van der Waals surface area contributed by atoms with Crippen LogP contribution in [0, 0.1) is 0 Å². The van der Waals surface area contributed by atoms with Crippen molar-refractivity contribution >= 4 is 41.3 Å². The van der Waals surface area contributed by atoms with Gasteiger partial charge < -0.3 is 10.1 Å². The standard InChI is InChI=1S/C17H20ClNO2S.ClH/c1-12(2)21-17(20)16(14-7-3-4-8-15(14)18)19-10-9-13-6-5-11-22-13;/h3-8,11-12,16,19H,9-10H2,1-2H3;1H/t16-;/m0./s1. The molecule has 1 atom stereocenters. The molecule has 2 rings (SSSR count). The normalized spacial score (nSPS) is 11.8. The molecular weight excluding hydrogens is 353 g/mol. The summed E-state index contributed by atoms with van der Waals surface area (Å²) in [5.74, 6) is -0.297. The third-order valence-corrected chi connectivity index (χ3v) is 4.38. The maximum absolute atomic E-state index is 12.4. The molecule has 126 valence electrons. The van der Waals surface area contributed by atoms with Crippen molar-refractivity contribution in [3.8, 4) is 0 Å². The van der Waals surface area contributed by atoms with Crippen molar-refractivity contribution in [2.24, 2.45) is 0 Å². The van der Waals surface area contributed by atoms with Gasteiger partial charge in [-0.2, -0.15) is 0 Å². The van der Waals surface area contributed by atoms with Crippen LogP contribution in [0.4, 0.5) is 0 Å². The van der Waals surface area contributed by atoms with E-state index in [1.165, 1.54) is 4.88 Å². The summed E-state index contributed by atoms with van der Waals surface area (Å²) in [6, 6.07) is 10.9. The molecule has 0 fully saturated rings. The smallest absolute Gasteiger partial charge is 0.328 e. The second-order valence-corrected chi connectivity index (χ2v) is 6.66. The lowest BCUT2D eigenvalue weighted by Gasteiger charge is -2.20.